The number of halogens is 3. The molecule has 0 spiro atoms. The minimum Gasteiger partial charge on any atom is -0.323 e. The van der Waals surface area contributed by atoms with Crippen LogP contribution in [0.15, 0.2) is 12.1 Å². The molecule has 0 amide bonds. The highest BCUT2D eigenvalue weighted by Gasteiger charge is 2.25. The topological polar surface area (TPSA) is 21.1 Å². The molecule has 1 saturated heterocycles. The van der Waals surface area contributed by atoms with Gasteiger partial charge in [-0.3, -0.25) is 0 Å². The van der Waals surface area contributed by atoms with Crippen LogP contribution in [0.5, 0.6) is 0 Å². The van der Waals surface area contributed by atoms with E-state index in [0.29, 0.717) is 18.3 Å². The van der Waals surface area contributed by atoms with Crippen LogP contribution in [0.2, 0.25) is 5.02 Å². The molecule has 2 heterocycles. The molecular weight excluding hydrogens is 300 g/mol. The number of benzene rings is 1. The predicted molar refractivity (Wildman–Crippen MR) is 80.3 cm³/mol. The molecule has 0 N–H and O–H groups in total. The van der Waals surface area contributed by atoms with Gasteiger partial charge in [0.2, 0.25) is 0 Å². The van der Waals surface area contributed by atoms with Crippen molar-refractivity contribution >= 4 is 34.2 Å². The van der Waals surface area contributed by atoms with E-state index in [4.69, 9.17) is 23.2 Å². The number of hydrogen-bond donors (Lipinski definition) is 0. The summed E-state index contributed by atoms with van der Waals surface area (Å²) in [7, 11) is 2.10. The number of aromatic nitrogens is 2. The largest absolute Gasteiger partial charge is 0.323 e. The van der Waals surface area contributed by atoms with Crippen molar-refractivity contribution in [2.24, 2.45) is 0 Å². The maximum Gasteiger partial charge on any atom is 0.144 e. The van der Waals surface area contributed by atoms with E-state index in [2.05, 4.69) is 21.5 Å². The lowest BCUT2D eigenvalue weighted by atomic mass is 10.2. The second-order valence-corrected chi connectivity index (χ2v) is 6.08. The number of hydrogen-bond acceptors (Lipinski definition) is 2. The molecule has 1 atom stereocenters. The van der Waals surface area contributed by atoms with Crippen LogP contribution in [0.25, 0.3) is 11.0 Å². The zero-order valence-corrected chi connectivity index (χ0v) is 12.8. The third kappa shape index (κ3) is 2.41. The number of aryl methyl sites for hydroxylation is 1. The van der Waals surface area contributed by atoms with Crippen LogP contribution >= 0.6 is 23.2 Å². The van der Waals surface area contributed by atoms with E-state index < -0.39 is 5.82 Å². The van der Waals surface area contributed by atoms with Gasteiger partial charge in [0.25, 0.3) is 0 Å². The number of nitrogens with zero attached hydrogens (tertiary/aromatic N) is 3. The van der Waals surface area contributed by atoms with E-state index in [0.717, 1.165) is 36.4 Å². The first-order valence-corrected chi connectivity index (χ1v) is 7.61. The maximum absolute atomic E-state index is 13.8. The molecule has 1 aliphatic heterocycles. The van der Waals surface area contributed by atoms with Gasteiger partial charge in [0, 0.05) is 31.0 Å². The number of likely N-dealkylation sites (tertiary alicyclic amines) is 1. The van der Waals surface area contributed by atoms with Crippen molar-refractivity contribution in [3.8, 4) is 0 Å². The monoisotopic (exact) mass is 315 g/mol. The summed E-state index contributed by atoms with van der Waals surface area (Å²) in [5.41, 5.74) is 1.55. The molecule has 0 bridgehead atoms. The van der Waals surface area contributed by atoms with Crippen LogP contribution in [-0.4, -0.2) is 40.5 Å². The Balaban J connectivity index is 2.15. The maximum atomic E-state index is 13.8. The van der Waals surface area contributed by atoms with Gasteiger partial charge in [-0.1, -0.05) is 11.6 Å². The van der Waals surface area contributed by atoms with Crippen molar-refractivity contribution < 1.29 is 4.39 Å². The Hall–Kier alpha value is -0.840. The summed E-state index contributed by atoms with van der Waals surface area (Å²) in [5, 5.41) is 0.114. The molecule has 1 aliphatic rings. The van der Waals surface area contributed by atoms with Gasteiger partial charge < -0.3 is 9.47 Å². The van der Waals surface area contributed by atoms with E-state index in [1.54, 1.807) is 6.07 Å². The first-order chi connectivity index (χ1) is 9.60. The van der Waals surface area contributed by atoms with Crippen molar-refractivity contribution in [3.05, 3.63) is 28.8 Å². The highest BCUT2D eigenvalue weighted by Crippen LogP contribution is 2.30. The lowest BCUT2D eigenvalue weighted by molar-refractivity contribution is 0.392. The molecule has 3 nitrogen and oxygen atoms in total. The fraction of sp³-hybridized carbons (Fsp3) is 0.500. The summed E-state index contributed by atoms with van der Waals surface area (Å²) >= 11 is 11.7. The Labute approximate surface area is 127 Å². The summed E-state index contributed by atoms with van der Waals surface area (Å²) < 4.78 is 15.9. The molecule has 6 heteroatoms. The van der Waals surface area contributed by atoms with E-state index >= 15 is 0 Å². The summed E-state index contributed by atoms with van der Waals surface area (Å²) in [5.74, 6) is 1.02. The van der Waals surface area contributed by atoms with Crippen molar-refractivity contribution in [2.75, 3.05) is 26.0 Å². The standard InChI is InChI=1S/C14H16Cl2FN3/c1-19-5-3-9(8-19)20-13-7-11(17)10(16)6-12(13)18-14(20)2-4-15/h6-7,9H,2-5,8H2,1H3. The average Bonchev–Trinajstić information content (AvgIpc) is 2.94. The molecule has 1 unspecified atom stereocenters. The van der Waals surface area contributed by atoms with E-state index in [-0.39, 0.29) is 5.02 Å². The van der Waals surface area contributed by atoms with Gasteiger partial charge in [-0.25, -0.2) is 9.37 Å². The predicted octanol–water partition coefficient (Wildman–Crippen LogP) is 3.49. The molecule has 3 rings (SSSR count). The molecule has 1 aromatic carbocycles. The molecule has 2 aromatic rings. The number of rotatable bonds is 3. The van der Waals surface area contributed by atoms with Crippen LogP contribution in [0.1, 0.15) is 18.3 Å². The van der Waals surface area contributed by atoms with Gasteiger partial charge in [0.05, 0.1) is 16.1 Å². The second-order valence-electron chi connectivity index (χ2n) is 5.30. The highest BCUT2D eigenvalue weighted by atomic mass is 35.5. The molecule has 0 saturated carbocycles. The minimum absolute atomic E-state index is 0.114. The van der Waals surface area contributed by atoms with Gasteiger partial charge in [-0.05, 0) is 26.1 Å². The SMILES string of the molecule is CN1CCC(n2c(CCCl)nc3cc(Cl)c(F)cc32)C1. The molecule has 108 valence electrons. The molecule has 20 heavy (non-hydrogen) atoms. The third-order valence-electron chi connectivity index (χ3n) is 3.85. The second kappa shape index (κ2) is 5.51. The van der Waals surface area contributed by atoms with Crippen LogP contribution in [-0.2, 0) is 6.42 Å². The van der Waals surface area contributed by atoms with Crippen LogP contribution in [0.4, 0.5) is 4.39 Å². The number of fused-ring (bicyclic) bond motifs is 1. The van der Waals surface area contributed by atoms with E-state index in [1.165, 1.54) is 6.07 Å². The lowest BCUT2D eigenvalue weighted by Gasteiger charge is -2.16. The smallest absolute Gasteiger partial charge is 0.144 e. The Morgan fingerprint density at radius 2 is 2.25 bits per heavy atom. The zero-order chi connectivity index (χ0) is 14.3. The Bertz CT molecular complexity index is 641. The highest BCUT2D eigenvalue weighted by molar-refractivity contribution is 6.31. The number of likely N-dealkylation sites (N-methyl/N-ethyl adjacent to an activating group) is 1. The average molecular weight is 316 g/mol. The number of alkyl halides is 1. The first-order valence-electron chi connectivity index (χ1n) is 6.70. The summed E-state index contributed by atoms with van der Waals surface area (Å²) in [6.07, 6.45) is 1.72. The van der Waals surface area contributed by atoms with Crippen LogP contribution in [0, 0.1) is 5.82 Å². The van der Waals surface area contributed by atoms with Crippen molar-refractivity contribution in [3.63, 3.8) is 0 Å². The van der Waals surface area contributed by atoms with Crippen molar-refractivity contribution in [2.45, 2.75) is 18.9 Å². The molecule has 1 fully saturated rings. The van der Waals surface area contributed by atoms with Crippen LogP contribution in [0.3, 0.4) is 0 Å². The van der Waals surface area contributed by atoms with Gasteiger partial charge >= 0.3 is 0 Å². The minimum atomic E-state index is -0.399. The quantitative estimate of drug-likeness (QED) is 0.808. The summed E-state index contributed by atoms with van der Waals surface area (Å²) in [4.78, 5) is 6.85. The van der Waals surface area contributed by atoms with Gasteiger partial charge in [-0.15, -0.1) is 11.6 Å². The van der Waals surface area contributed by atoms with Crippen molar-refractivity contribution in [1.82, 2.24) is 14.5 Å². The summed E-state index contributed by atoms with van der Waals surface area (Å²) in [6, 6.07) is 3.41. The molecule has 1 aromatic heterocycles. The fourth-order valence-corrected chi connectivity index (χ4v) is 3.26. The van der Waals surface area contributed by atoms with E-state index in [9.17, 15) is 4.39 Å². The third-order valence-corrected chi connectivity index (χ3v) is 4.33. The van der Waals surface area contributed by atoms with E-state index in [1.807, 2.05) is 0 Å². The summed E-state index contributed by atoms with van der Waals surface area (Å²) in [6.45, 7) is 1.99. The van der Waals surface area contributed by atoms with Crippen molar-refractivity contribution in [1.29, 1.82) is 0 Å². The Morgan fingerprint density at radius 3 is 2.90 bits per heavy atom. The molecule has 0 aliphatic carbocycles. The lowest BCUT2D eigenvalue weighted by Crippen LogP contribution is -2.18. The Kier molecular flexibility index (Phi) is 3.89. The molecular formula is C14H16Cl2FN3. The van der Waals surface area contributed by atoms with Gasteiger partial charge in [-0.2, -0.15) is 0 Å². The Morgan fingerprint density at radius 1 is 1.45 bits per heavy atom. The van der Waals surface area contributed by atoms with Gasteiger partial charge in [0.15, 0.2) is 0 Å². The van der Waals surface area contributed by atoms with Crippen LogP contribution < -0.4 is 0 Å². The molecule has 0 radical (unpaired) electrons. The fourth-order valence-electron chi connectivity index (χ4n) is 2.93. The van der Waals surface area contributed by atoms with Gasteiger partial charge in [0.1, 0.15) is 11.6 Å². The number of imidazole rings is 1. The normalized spacial score (nSPS) is 20.1. The zero-order valence-electron chi connectivity index (χ0n) is 11.2. The first kappa shape index (κ1) is 14.1.